The molecule has 2 nitrogen and oxygen atoms in total. The normalized spacial score (nSPS) is 12.4. The Hall–Kier alpha value is -1.02. The van der Waals surface area contributed by atoms with Crippen LogP contribution in [0.1, 0.15) is 38.7 Å². The van der Waals surface area contributed by atoms with Gasteiger partial charge in [-0.05, 0) is 45.2 Å². The van der Waals surface area contributed by atoms with Gasteiger partial charge >= 0.3 is 0 Å². The van der Waals surface area contributed by atoms with Crippen molar-refractivity contribution in [2.75, 3.05) is 13.2 Å². The summed E-state index contributed by atoms with van der Waals surface area (Å²) in [7, 11) is 0. The first-order chi connectivity index (χ1) is 8.22. The molecule has 1 aromatic carbocycles. The molecule has 1 rings (SSSR count). The van der Waals surface area contributed by atoms with Crippen molar-refractivity contribution in [3.05, 3.63) is 29.8 Å². The van der Waals surface area contributed by atoms with Crippen LogP contribution in [-0.4, -0.2) is 19.2 Å². The third kappa shape index (κ3) is 6.32. The first kappa shape index (κ1) is 14.0. The fraction of sp³-hybridized carbons (Fsp3) is 0.600. The van der Waals surface area contributed by atoms with Crippen molar-refractivity contribution in [1.82, 2.24) is 0 Å². The molecule has 1 aromatic rings. The van der Waals surface area contributed by atoms with Crippen LogP contribution in [0.15, 0.2) is 24.3 Å². The van der Waals surface area contributed by atoms with Crippen LogP contribution in [0, 0.1) is 6.92 Å². The lowest BCUT2D eigenvalue weighted by Gasteiger charge is -2.08. The highest BCUT2D eigenvalue weighted by Crippen LogP contribution is 2.11. The largest absolute Gasteiger partial charge is 0.494 e. The number of quaternary nitrogens is 1. The molecule has 2 N–H and O–H groups in total. The summed E-state index contributed by atoms with van der Waals surface area (Å²) in [5, 5.41) is 2.42. The van der Waals surface area contributed by atoms with Gasteiger partial charge in [-0.1, -0.05) is 24.6 Å². The molecule has 0 saturated heterocycles. The molecular weight excluding hydrogens is 210 g/mol. The first-order valence-electron chi connectivity index (χ1n) is 6.75. The van der Waals surface area contributed by atoms with Crippen LogP contribution < -0.4 is 10.1 Å². The van der Waals surface area contributed by atoms with Gasteiger partial charge in [-0.25, -0.2) is 0 Å². The zero-order valence-corrected chi connectivity index (χ0v) is 11.4. The lowest BCUT2D eigenvalue weighted by atomic mass is 10.2. The Morgan fingerprint density at radius 3 is 2.53 bits per heavy atom. The second-order valence-corrected chi connectivity index (χ2v) is 4.78. The van der Waals surface area contributed by atoms with Crippen molar-refractivity contribution in [1.29, 1.82) is 0 Å². The van der Waals surface area contributed by atoms with Crippen LogP contribution in [0.25, 0.3) is 0 Å². The Bertz CT molecular complexity index is 294. The van der Waals surface area contributed by atoms with Crippen LogP contribution in [0.4, 0.5) is 0 Å². The summed E-state index contributed by atoms with van der Waals surface area (Å²) < 4.78 is 5.68. The van der Waals surface area contributed by atoms with E-state index >= 15 is 0 Å². The van der Waals surface area contributed by atoms with Crippen molar-refractivity contribution in [3.63, 3.8) is 0 Å². The summed E-state index contributed by atoms with van der Waals surface area (Å²) in [5.41, 5.74) is 1.28. The van der Waals surface area contributed by atoms with E-state index < -0.39 is 0 Å². The van der Waals surface area contributed by atoms with E-state index in [0.29, 0.717) is 0 Å². The molecule has 0 aliphatic heterocycles. The number of benzene rings is 1. The summed E-state index contributed by atoms with van der Waals surface area (Å²) in [6.45, 7) is 8.66. The average Bonchev–Trinajstić information content (AvgIpc) is 2.35. The highest BCUT2D eigenvalue weighted by molar-refractivity contribution is 5.26. The van der Waals surface area contributed by atoms with E-state index in [9.17, 15) is 0 Å². The topological polar surface area (TPSA) is 25.8 Å². The molecule has 0 bridgehead atoms. The van der Waals surface area contributed by atoms with Crippen molar-refractivity contribution in [2.45, 2.75) is 46.1 Å². The molecule has 17 heavy (non-hydrogen) atoms. The maximum atomic E-state index is 5.68. The van der Waals surface area contributed by atoms with Crippen molar-refractivity contribution < 1.29 is 10.1 Å². The number of rotatable bonds is 8. The Balaban J connectivity index is 2.02. The molecule has 96 valence electrons. The summed E-state index contributed by atoms with van der Waals surface area (Å²) in [4.78, 5) is 0. The predicted octanol–water partition coefficient (Wildman–Crippen LogP) is 2.52. The van der Waals surface area contributed by atoms with Crippen molar-refractivity contribution in [2.24, 2.45) is 0 Å². The lowest BCUT2D eigenvalue weighted by Crippen LogP contribution is -2.89. The molecule has 0 heterocycles. The van der Waals surface area contributed by atoms with E-state index in [0.717, 1.165) is 24.8 Å². The van der Waals surface area contributed by atoms with Gasteiger partial charge < -0.3 is 10.1 Å². The second-order valence-electron chi connectivity index (χ2n) is 4.78. The quantitative estimate of drug-likeness (QED) is 0.690. The van der Waals surface area contributed by atoms with E-state index in [1.54, 1.807) is 0 Å². The van der Waals surface area contributed by atoms with Gasteiger partial charge in [-0.15, -0.1) is 0 Å². The van der Waals surface area contributed by atoms with Gasteiger partial charge in [-0.3, -0.25) is 0 Å². The molecule has 0 radical (unpaired) electrons. The van der Waals surface area contributed by atoms with E-state index in [1.807, 2.05) is 12.1 Å². The number of hydrogen-bond donors (Lipinski definition) is 1. The maximum Gasteiger partial charge on any atom is 0.119 e. The SMILES string of the molecule is CC[C@H](C)[NH2+]CCCCOc1ccc(C)cc1. The number of ether oxygens (including phenoxy) is 1. The average molecular weight is 236 g/mol. The summed E-state index contributed by atoms with van der Waals surface area (Å²) >= 11 is 0. The van der Waals surface area contributed by atoms with E-state index in [1.165, 1.54) is 24.9 Å². The summed E-state index contributed by atoms with van der Waals surface area (Å²) in [6.07, 6.45) is 3.62. The van der Waals surface area contributed by atoms with Crippen LogP contribution in [0.5, 0.6) is 5.75 Å². The molecule has 2 heteroatoms. The van der Waals surface area contributed by atoms with E-state index in [2.05, 4.69) is 38.2 Å². The van der Waals surface area contributed by atoms with Gasteiger partial charge in [0.15, 0.2) is 0 Å². The number of hydrogen-bond acceptors (Lipinski definition) is 1. The fourth-order valence-electron chi connectivity index (χ4n) is 1.64. The Morgan fingerprint density at radius 2 is 1.88 bits per heavy atom. The standard InChI is InChI=1S/C15H25NO/c1-4-14(3)16-11-5-6-12-17-15-9-7-13(2)8-10-15/h7-10,14,16H,4-6,11-12H2,1-3H3/p+1/t14-/m0/s1. The molecule has 0 aliphatic carbocycles. The van der Waals surface area contributed by atoms with Gasteiger partial charge in [0.1, 0.15) is 5.75 Å². The Labute approximate surface area is 105 Å². The number of aryl methyl sites for hydroxylation is 1. The predicted molar refractivity (Wildman–Crippen MR) is 72.5 cm³/mol. The van der Waals surface area contributed by atoms with Crippen molar-refractivity contribution >= 4 is 0 Å². The van der Waals surface area contributed by atoms with Crippen molar-refractivity contribution in [3.8, 4) is 5.75 Å². The molecule has 1 atom stereocenters. The first-order valence-corrected chi connectivity index (χ1v) is 6.75. The molecule has 0 aromatic heterocycles. The van der Waals surface area contributed by atoms with Gasteiger partial charge in [0.25, 0.3) is 0 Å². The molecule has 0 saturated carbocycles. The van der Waals surface area contributed by atoms with Crippen LogP contribution in [0.2, 0.25) is 0 Å². The third-order valence-corrected chi connectivity index (χ3v) is 3.10. The van der Waals surface area contributed by atoms with Gasteiger partial charge in [0.05, 0.1) is 19.2 Å². The summed E-state index contributed by atoms with van der Waals surface area (Å²) in [5.74, 6) is 0.988. The van der Waals surface area contributed by atoms with Gasteiger partial charge in [-0.2, -0.15) is 0 Å². The van der Waals surface area contributed by atoms with Crippen LogP contribution in [-0.2, 0) is 0 Å². The maximum absolute atomic E-state index is 5.68. The summed E-state index contributed by atoms with van der Waals surface area (Å²) in [6, 6.07) is 9.02. The molecule has 0 amide bonds. The minimum absolute atomic E-state index is 0.757. The Kier molecular flexibility index (Phi) is 6.71. The zero-order valence-electron chi connectivity index (χ0n) is 11.4. The minimum Gasteiger partial charge on any atom is -0.494 e. The van der Waals surface area contributed by atoms with Gasteiger partial charge in [0, 0.05) is 0 Å². The van der Waals surface area contributed by atoms with Crippen LogP contribution in [0.3, 0.4) is 0 Å². The van der Waals surface area contributed by atoms with E-state index in [4.69, 9.17) is 4.74 Å². The molecular formula is C15H26NO+. The smallest absolute Gasteiger partial charge is 0.119 e. The highest BCUT2D eigenvalue weighted by Gasteiger charge is 2.00. The number of nitrogens with two attached hydrogens (primary N) is 1. The fourth-order valence-corrected chi connectivity index (χ4v) is 1.64. The molecule has 0 fully saturated rings. The number of unbranched alkanes of at least 4 members (excludes halogenated alkanes) is 1. The monoisotopic (exact) mass is 236 g/mol. The lowest BCUT2D eigenvalue weighted by molar-refractivity contribution is -0.686. The minimum atomic E-state index is 0.757. The zero-order chi connectivity index (χ0) is 12.5. The second kappa shape index (κ2) is 8.13. The molecule has 0 spiro atoms. The molecule has 0 aliphatic rings. The molecule has 0 unspecified atom stereocenters. The third-order valence-electron chi connectivity index (χ3n) is 3.10. The van der Waals surface area contributed by atoms with E-state index in [-0.39, 0.29) is 0 Å². The highest BCUT2D eigenvalue weighted by atomic mass is 16.5. The van der Waals surface area contributed by atoms with Crippen LogP contribution >= 0.6 is 0 Å². The Morgan fingerprint density at radius 1 is 1.18 bits per heavy atom. The van der Waals surface area contributed by atoms with Gasteiger partial charge in [0.2, 0.25) is 0 Å².